The van der Waals surface area contributed by atoms with Crippen molar-refractivity contribution in [2.45, 2.75) is 44.4 Å². The zero-order valence-corrected chi connectivity index (χ0v) is 17.1. The van der Waals surface area contributed by atoms with Gasteiger partial charge in [0.25, 0.3) is 0 Å². The molecule has 1 fully saturated rings. The fourth-order valence-electron chi connectivity index (χ4n) is 3.54. The Kier molecular flexibility index (Phi) is 6.43. The summed E-state index contributed by atoms with van der Waals surface area (Å²) >= 11 is 0. The van der Waals surface area contributed by atoms with Crippen LogP contribution in [0.25, 0.3) is 0 Å². The van der Waals surface area contributed by atoms with E-state index in [4.69, 9.17) is 4.74 Å². The third kappa shape index (κ3) is 5.66. The lowest BCUT2D eigenvalue weighted by Crippen LogP contribution is -2.19. The Balaban J connectivity index is 1.50. The second-order valence-corrected chi connectivity index (χ2v) is 7.61. The minimum atomic E-state index is -4.65. The maximum Gasteiger partial charge on any atom is 0.421 e. The van der Waals surface area contributed by atoms with Gasteiger partial charge in [-0.1, -0.05) is 6.42 Å². The zero-order chi connectivity index (χ0) is 22.6. The van der Waals surface area contributed by atoms with Crippen molar-refractivity contribution in [3.05, 3.63) is 66.1 Å². The molecule has 0 amide bonds. The molecule has 1 saturated carbocycles. The summed E-state index contributed by atoms with van der Waals surface area (Å²) < 4.78 is 59.3. The van der Waals surface area contributed by atoms with Crippen LogP contribution in [0.2, 0.25) is 0 Å². The minimum Gasteiger partial charge on any atom is -0.490 e. The fraction of sp³-hybridized carbons (Fsp3) is 0.304. The molecule has 32 heavy (non-hydrogen) atoms. The van der Waals surface area contributed by atoms with Crippen molar-refractivity contribution >= 4 is 23.1 Å². The van der Waals surface area contributed by atoms with E-state index in [1.807, 2.05) is 0 Å². The Morgan fingerprint density at radius 1 is 0.844 bits per heavy atom. The minimum absolute atomic E-state index is 0.0106. The van der Waals surface area contributed by atoms with E-state index >= 15 is 0 Å². The largest absolute Gasteiger partial charge is 0.490 e. The number of anilines is 4. The van der Waals surface area contributed by atoms with Gasteiger partial charge >= 0.3 is 6.18 Å². The van der Waals surface area contributed by atoms with E-state index in [1.54, 1.807) is 24.3 Å². The van der Waals surface area contributed by atoms with Crippen molar-refractivity contribution in [2.24, 2.45) is 0 Å². The lowest BCUT2D eigenvalue weighted by Gasteiger charge is -2.23. The molecule has 3 aromatic rings. The van der Waals surface area contributed by atoms with Gasteiger partial charge in [0.1, 0.15) is 22.9 Å². The summed E-state index contributed by atoms with van der Waals surface area (Å²) in [6.07, 6.45) is 1.95. The van der Waals surface area contributed by atoms with Gasteiger partial charge in [-0.05, 0) is 74.2 Å². The summed E-state index contributed by atoms with van der Waals surface area (Å²) in [5, 5.41) is 5.49. The maximum absolute atomic E-state index is 13.4. The highest BCUT2D eigenvalue weighted by Crippen LogP contribution is 2.35. The molecule has 168 valence electrons. The van der Waals surface area contributed by atoms with Crippen molar-refractivity contribution < 1.29 is 22.3 Å². The van der Waals surface area contributed by atoms with Crippen LogP contribution < -0.4 is 15.4 Å². The SMILES string of the molecule is Fc1ccc(Nc2nc(Nc3ccc(OC4CCCCC4)cc3)ncc2C(F)(F)F)cc1. The molecule has 1 aromatic heterocycles. The van der Waals surface area contributed by atoms with E-state index in [0.29, 0.717) is 11.9 Å². The van der Waals surface area contributed by atoms with Crippen LogP contribution in [0.15, 0.2) is 54.7 Å². The van der Waals surface area contributed by atoms with Crippen LogP contribution in [-0.2, 0) is 6.18 Å². The first-order valence-corrected chi connectivity index (χ1v) is 10.4. The Morgan fingerprint density at radius 3 is 2.12 bits per heavy atom. The van der Waals surface area contributed by atoms with Gasteiger partial charge in [-0.3, -0.25) is 0 Å². The summed E-state index contributed by atoms with van der Waals surface area (Å²) in [6.45, 7) is 0. The van der Waals surface area contributed by atoms with Crippen molar-refractivity contribution in [3.63, 3.8) is 0 Å². The number of nitrogens with one attached hydrogen (secondary N) is 2. The van der Waals surface area contributed by atoms with Gasteiger partial charge in [0.05, 0.1) is 6.10 Å². The van der Waals surface area contributed by atoms with Gasteiger partial charge < -0.3 is 15.4 Å². The van der Waals surface area contributed by atoms with Crippen LogP contribution in [0, 0.1) is 5.82 Å². The standard InChI is InChI=1S/C23H22F4N4O/c24-15-6-8-16(9-7-15)29-21-20(23(25,26)27)14-28-22(31-21)30-17-10-12-19(13-11-17)32-18-4-2-1-3-5-18/h6-14,18H,1-5H2,(H2,28,29,30,31). The molecule has 0 aliphatic heterocycles. The van der Waals surface area contributed by atoms with E-state index < -0.39 is 23.4 Å². The molecule has 0 bridgehead atoms. The number of ether oxygens (including phenoxy) is 1. The second-order valence-electron chi connectivity index (χ2n) is 7.61. The highest BCUT2D eigenvalue weighted by molar-refractivity contribution is 5.63. The third-order valence-corrected chi connectivity index (χ3v) is 5.17. The molecular formula is C23H22F4N4O. The van der Waals surface area contributed by atoms with Gasteiger partial charge in [0, 0.05) is 17.6 Å². The fourth-order valence-corrected chi connectivity index (χ4v) is 3.54. The first-order chi connectivity index (χ1) is 15.4. The number of rotatable bonds is 6. The highest BCUT2D eigenvalue weighted by Gasteiger charge is 2.35. The average molecular weight is 446 g/mol. The Labute approximate surface area is 182 Å². The van der Waals surface area contributed by atoms with Gasteiger partial charge in [-0.25, -0.2) is 9.37 Å². The molecule has 4 rings (SSSR count). The smallest absolute Gasteiger partial charge is 0.421 e. The van der Waals surface area contributed by atoms with E-state index in [9.17, 15) is 17.6 Å². The number of hydrogen-bond donors (Lipinski definition) is 2. The lowest BCUT2D eigenvalue weighted by atomic mass is 9.98. The summed E-state index contributed by atoms with van der Waals surface area (Å²) in [6, 6.07) is 12.1. The molecule has 0 unspecified atom stereocenters. The Hall–Kier alpha value is -3.36. The number of alkyl halides is 3. The van der Waals surface area contributed by atoms with Gasteiger partial charge in [-0.15, -0.1) is 0 Å². The topological polar surface area (TPSA) is 59.1 Å². The molecule has 9 heteroatoms. The van der Waals surface area contributed by atoms with E-state index in [1.165, 1.54) is 31.4 Å². The number of aromatic nitrogens is 2. The summed E-state index contributed by atoms with van der Waals surface area (Å²) in [5.41, 5.74) is -0.150. The average Bonchev–Trinajstić information content (AvgIpc) is 2.77. The predicted molar refractivity (Wildman–Crippen MR) is 114 cm³/mol. The van der Waals surface area contributed by atoms with Gasteiger partial charge in [-0.2, -0.15) is 18.2 Å². The quantitative estimate of drug-likeness (QED) is 0.406. The molecule has 0 saturated heterocycles. The van der Waals surface area contributed by atoms with Crippen LogP contribution in [0.3, 0.4) is 0 Å². The molecule has 0 spiro atoms. The molecule has 0 radical (unpaired) electrons. The van der Waals surface area contributed by atoms with Crippen LogP contribution in [0.5, 0.6) is 5.75 Å². The molecule has 1 aliphatic carbocycles. The normalized spacial score (nSPS) is 14.8. The van der Waals surface area contributed by atoms with Crippen LogP contribution in [0.1, 0.15) is 37.7 Å². The number of hydrogen-bond acceptors (Lipinski definition) is 5. The summed E-state index contributed by atoms with van der Waals surface area (Å²) in [7, 11) is 0. The van der Waals surface area contributed by atoms with Crippen molar-refractivity contribution in [2.75, 3.05) is 10.6 Å². The lowest BCUT2D eigenvalue weighted by molar-refractivity contribution is -0.137. The van der Waals surface area contributed by atoms with Gasteiger partial charge in [0.2, 0.25) is 5.95 Å². The molecule has 0 atom stereocenters. The molecule has 5 nitrogen and oxygen atoms in total. The Morgan fingerprint density at radius 2 is 1.47 bits per heavy atom. The van der Waals surface area contributed by atoms with E-state index in [0.717, 1.165) is 30.7 Å². The molecule has 1 aliphatic rings. The number of nitrogens with zero attached hydrogens (tertiary/aromatic N) is 2. The van der Waals surface area contributed by atoms with Crippen molar-refractivity contribution in [3.8, 4) is 5.75 Å². The summed E-state index contributed by atoms with van der Waals surface area (Å²) in [5.74, 6) is -0.190. The van der Waals surface area contributed by atoms with Crippen molar-refractivity contribution in [1.29, 1.82) is 0 Å². The van der Waals surface area contributed by atoms with Crippen LogP contribution in [-0.4, -0.2) is 16.1 Å². The number of benzene rings is 2. The monoisotopic (exact) mass is 446 g/mol. The van der Waals surface area contributed by atoms with Crippen LogP contribution in [0.4, 0.5) is 40.7 Å². The molecular weight excluding hydrogens is 424 g/mol. The van der Waals surface area contributed by atoms with E-state index in [2.05, 4.69) is 20.6 Å². The van der Waals surface area contributed by atoms with Crippen molar-refractivity contribution in [1.82, 2.24) is 9.97 Å². The molecule has 1 heterocycles. The summed E-state index contributed by atoms with van der Waals surface area (Å²) in [4.78, 5) is 7.79. The molecule has 2 N–H and O–H groups in total. The predicted octanol–water partition coefficient (Wildman–Crippen LogP) is 6.83. The van der Waals surface area contributed by atoms with E-state index in [-0.39, 0.29) is 17.7 Å². The first kappa shape index (κ1) is 21.9. The van der Waals surface area contributed by atoms with Gasteiger partial charge in [0.15, 0.2) is 0 Å². The molecule has 2 aromatic carbocycles. The number of halogens is 4. The van der Waals surface area contributed by atoms with Crippen LogP contribution >= 0.6 is 0 Å². The first-order valence-electron chi connectivity index (χ1n) is 10.4. The second kappa shape index (κ2) is 9.42. The highest BCUT2D eigenvalue weighted by atomic mass is 19.4. The zero-order valence-electron chi connectivity index (χ0n) is 17.1. The Bertz CT molecular complexity index is 1030. The maximum atomic E-state index is 13.4. The third-order valence-electron chi connectivity index (χ3n) is 5.17.